The number of nitrogen functional groups attached to an aromatic ring is 1. The maximum absolute atomic E-state index is 5.93. The van der Waals surface area contributed by atoms with Gasteiger partial charge in [-0.15, -0.1) is 5.10 Å². The highest BCUT2D eigenvalue weighted by molar-refractivity contribution is 7.73. The summed E-state index contributed by atoms with van der Waals surface area (Å²) in [6.45, 7) is 0. The van der Waals surface area contributed by atoms with Crippen LogP contribution in [0, 0.1) is 8.73 Å². The Hall–Kier alpha value is -2.22. The lowest BCUT2D eigenvalue weighted by atomic mass is 10.6. The minimum absolute atomic E-state index is 0.202. The Labute approximate surface area is 130 Å². The SMILES string of the molecule is Nn1c([N+]2(c3nnc4sc(=S)[nH]n34)C=CC=N2)n[nH]c1=S. The fraction of sp³-hybridized carbons (Fsp3) is 0. The molecule has 0 radical (unpaired) electrons. The predicted molar refractivity (Wildman–Crippen MR) is 82.7 cm³/mol. The molecule has 1 aliphatic heterocycles. The molecule has 106 valence electrons. The van der Waals surface area contributed by atoms with Crippen LogP contribution in [0.25, 0.3) is 4.96 Å². The van der Waals surface area contributed by atoms with Crippen LogP contribution < -0.4 is 10.4 Å². The van der Waals surface area contributed by atoms with Crippen molar-refractivity contribution in [2.75, 3.05) is 5.84 Å². The third-order valence-electron chi connectivity index (χ3n) is 2.94. The molecular formula is C8H7N10S3+. The van der Waals surface area contributed by atoms with Gasteiger partial charge in [0.1, 0.15) is 6.20 Å². The summed E-state index contributed by atoms with van der Waals surface area (Å²) in [7, 11) is 0. The van der Waals surface area contributed by atoms with Gasteiger partial charge in [0.25, 0.3) is 0 Å². The minimum atomic E-state index is -0.202. The summed E-state index contributed by atoms with van der Waals surface area (Å²) in [6.07, 6.45) is 5.15. The number of hydrogen-bond acceptors (Lipinski definition) is 8. The lowest BCUT2D eigenvalue weighted by molar-refractivity contribution is 0.472. The van der Waals surface area contributed by atoms with Gasteiger partial charge in [-0.1, -0.05) is 26.6 Å². The number of aromatic amines is 2. The van der Waals surface area contributed by atoms with Crippen LogP contribution >= 0.6 is 35.8 Å². The molecule has 1 aliphatic rings. The van der Waals surface area contributed by atoms with Gasteiger partial charge >= 0.3 is 11.9 Å². The second kappa shape index (κ2) is 4.14. The Balaban J connectivity index is 2.07. The third kappa shape index (κ3) is 1.59. The summed E-state index contributed by atoms with van der Waals surface area (Å²) in [5.74, 6) is 6.73. The van der Waals surface area contributed by atoms with Gasteiger partial charge < -0.3 is 5.84 Å². The van der Waals surface area contributed by atoms with Gasteiger partial charge in [0.2, 0.25) is 9.73 Å². The minimum Gasteiger partial charge on any atom is -0.331 e. The van der Waals surface area contributed by atoms with E-state index < -0.39 is 0 Å². The van der Waals surface area contributed by atoms with Crippen LogP contribution in [-0.2, 0) is 0 Å². The van der Waals surface area contributed by atoms with Crippen LogP contribution in [0.2, 0.25) is 0 Å². The van der Waals surface area contributed by atoms with Crippen molar-refractivity contribution >= 4 is 58.8 Å². The molecule has 0 fully saturated rings. The molecule has 0 aromatic carbocycles. The van der Waals surface area contributed by atoms with Crippen LogP contribution in [0.5, 0.6) is 0 Å². The highest BCUT2D eigenvalue weighted by Crippen LogP contribution is 2.34. The summed E-state index contributed by atoms with van der Waals surface area (Å²) >= 11 is 11.5. The molecule has 21 heavy (non-hydrogen) atoms. The lowest BCUT2D eigenvalue weighted by Gasteiger charge is -2.18. The average molecular weight is 339 g/mol. The van der Waals surface area contributed by atoms with Crippen LogP contribution in [0.3, 0.4) is 0 Å². The van der Waals surface area contributed by atoms with Gasteiger partial charge in [-0.25, -0.2) is 5.10 Å². The third-order valence-corrected chi connectivity index (χ3v) is 4.29. The summed E-state index contributed by atoms with van der Waals surface area (Å²) < 4.78 is 3.55. The molecular weight excluding hydrogens is 332 g/mol. The Morgan fingerprint density at radius 2 is 2.14 bits per heavy atom. The van der Waals surface area contributed by atoms with Crippen molar-refractivity contribution in [2.24, 2.45) is 5.10 Å². The summed E-state index contributed by atoms with van der Waals surface area (Å²) in [4.78, 5) is 0.626. The van der Waals surface area contributed by atoms with E-state index in [1.165, 1.54) is 16.0 Å². The molecule has 10 nitrogen and oxygen atoms in total. The number of rotatable bonds is 2. The molecule has 1 unspecified atom stereocenters. The van der Waals surface area contributed by atoms with Crippen molar-refractivity contribution in [1.29, 1.82) is 0 Å². The summed E-state index contributed by atoms with van der Waals surface area (Å²) in [6, 6.07) is 0. The molecule has 0 saturated carbocycles. The molecule has 4 N–H and O–H groups in total. The first kappa shape index (κ1) is 12.5. The topological polar surface area (TPSA) is 118 Å². The number of H-pyrrole nitrogens is 2. The largest absolute Gasteiger partial charge is 0.390 e. The maximum Gasteiger partial charge on any atom is 0.390 e. The highest BCUT2D eigenvalue weighted by atomic mass is 32.1. The van der Waals surface area contributed by atoms with Crippen molar-refractivity contribution in [3.63, 3.8) is 0 Å². The van der Waals surface area contributed by atoms with Gasteiger partial charge in [0.15, 0.2) is 3.95 Å². The number of nitrogens with zero attached hydrogens (tertiary/aromatic N) is 7. The molecule has 0 aliphatic carbocycles. The number of quaternary nitrogens is 1. The first-order chi connectivity index (χ1) is 10.1. The molecule has 3 aromatic rings. The van der Waals surface area contributed by atoms with E-state index in [0.717, 1.165) is 0 Å². The van der Waals surface area contributed by atoms with E-state index in [4.69, 9.17) is 30.3 Å². The number of aromatic nitrogens is 7. The normalized spacial score (nSPS) is 20.8. The number of nitrogens with one attached hydrogen (secondary N) is 2. The van der Waals surface area contributed by atoms with Gasteiger partial charge in [-0.05, 0) is 29.0 Å². The van der Waals surface area contributed by atoms with Gasteiger partial charge in [0.05, 0.1) is 6.21 Å². The highest BCUT2D eigenvalue weighted by Gasteiger charge is 2.44. The van der Waals surface area contributed by atoms with Crippen molar-refractivity contribution < 1.29 is 0 Å². The Morgan fingerprint density at radius 3 is 2.81 bits per heavy atom. The Kier molecular flexibility index (Phi) is 2.47. The van der Waals surface area contributed by atoms with E-state index >= 15 is 0 Å². The van der Waals surface area contributed by atoms with Crippen molar-refractivity contribution in [1.82, 2.24) is 39.3 Å². The zero-order valence-corrected chi connectivity index (χ0v) is 12.6. The van der Waals surface area contributed by atoms with Crippen LogP contribution in [0.1, 0.15) is 0 Å². The second-order valence-corrected chi connectivity index (χ2v) is 6.14. The number of hydrogen-bond donors (Lipinski definition) is 3. The van der Waals surface area contributed by atoms with Gasteiger partial charge in [-0.3, -0.25) is 5.10 Å². The first-order valence-electron chi connectivity index (χ1n) is 5.62. The first-order valence-corrected chi connectivity index (χ1v) is 7.25. The number of nitrogens with two attached hydrogens (primary N) is 1. The molecule has 13 heteroatoms. The fourth-order valence-electron chi connectivity index (χ4n) is 2.05. The number of allylic oxidation sites excluding steroid dienone is 1. The van der Waals surface area contributed by atoms with Crippen LogP contribution in [0.4, 0.5) is 11.9 Å². The van der Waals surface area contributed by atoms with Gasteiger partial charge in [0, 0.05) is 6.08 Å². The predicted octanol–water partition coefficient (Wildman–Crippen LogP) is 0.968. The quantitative estimate of drug-likeness (QED) is 0.364. The molecule has 0 amide bonds. The Morgan fingerprint density at radius 1 is 1.29 bits per heavy atom. The molecule has 1 atom stereocenters. The van der Waals surface area contributed by atoms with Gasteiger partial charge in [-0.2, -0.15) is 9.19 Å². The van der Waals surface area contributed by atoms with E-state index in [1.54, 1.807) is 23.0 Å². The Bertz CT molecular complexity index is 997. The van der Waals surface area contributed by atoms with Crippen LogP contribution in [-0.4, -0.2) is 40.9 Å². The smallest absolute Gasteiger partial charge is 0.331 e. The van der Waals surface area contributed by atoms with E-state index in [9.17, 15) is 0 Å². The van der Waals surface area contributed by atoms with Crippen molar-refractivity contribution in [3.05, 3.63) is 21.0 Å². The monoisotopic (exact) mass is 339 g/mol. The van der Waals surface area contributed by atoms with E-state index in [-0.39, 0.29) is 9.36 Å². The zero-order chi connectivity index (χ0) is 14.6. The molecule has 4 rings (SSSR count). The summed E-state index contributed by atoms with van der Waals surface area (Å²) in [5, 5.41) is 22.5. The molecule has 0 saturated heterocycles. The molecule has 0 bridgehead atoms. The van der Waals surface area contributed by atoms with E-state index in [1.807, 2.05) is 0 Å². The molecule has 4 heterocycles. The lowest BCUT2D eigenvalue weighted by Crippen LogP contribution is -2.36. The van der Waals surface area contributed by atoms with E-state index in [2.05, 4.69) is 30.6 Å². The second-order valence-electron chi connectivity index (χ2n) is 4.11. The fourth-order valence-corrected chi connectivity index (χ4v) is 3.10. The standard InChI is InChI=1S/C8H6N10S3/c9-16-4(11-13-6(16)19)18(3-1-2-10-18)5-12-14-7-17(5)15-8(20)21-7/h1-3H,9H2,(H-,13,15,19,20)/p+1. The molecule has 0 spiro atoms. The van der Waals surface area contributed by atoms with E-state index in [0.29, 0.717) is 20.8 Å². The zero-order valence-electron chi connectivity index (χ0n) is 10.2. The number of fused-ring (bicyclic) bond motifs is 1. The van der Waals surface area contributed by atoms with Crippen molar-refractivity contribution in [3.8, 4) is 0 Å². The summed E-state index contributed by atoms with van der Waals surface area (Å²) in [5.41, 5.74) is 0. The van der Waals surface area contributed by atoms with Crippen LogP contribution in [0.15, 0.2) is 17.4 Å². The van der Waals surface area contributed by atoms with Crippen molar-refractivity contribution in [2.45, 2.75) is 0 Å². The maximum atomic E-state index is 5.93. The molecule has 3 aromatic heterocycles. The average Bonchev–Trinajstić information content (AvgIpc) is 3.17.